The van der Waals surface area contributed by atoms with Crippen molar-refractivity contribution in [3.8, 4) is 16.9 Å². The molecule has 4 rings (SSSR count). The quantitative estimate of drug-likeness (QED) is 0.196. The van der Waals surface area contributed by atoms with Crippen LogP contribution in [0.5, 0.6) is 0 Å². The van der Waals surface area contributed by atoms with E-state index in [2.05, 4.69) is 10.2 Å². The summed E-state index contributed by atoms with van der Waals surface area (Å²) in [5.41, 5.74) is 3.68. The van der Waals surface area contributed by atoms with Gasteiger partial charge in [-0.1, -0.05) is 50.2 Å². The average molecular weight is 451 g/mol. The molecule has 31 heavy (non-hydrogen) atoms. The summed E-state index contributed by atoms with van der Waals surface area (Å²) >= 11 is 1.65. The van der Waals surface area contributed by atoms with Crippen LogP contribution in [0.1, 0.15) is 24.4 Å². The number of aryl methyl sites for hydroxylation is 1. The van der Waals surface area contributed by atoms with Gasteiger partial charge in [-0.25, -0.2) is 4.68 Å². The molecule has 158 valence electrons. The van der Waals surface area contributed by atoms with Crippen LogP contribution in [-0.4, -0.2) is 20.5 Å². The van der Waals surface area contributed by atoms with Crippen LogP contribution in [0.4, 0.5) is 11.4 Å². The van der Waals surface area contributed by atoms with E-state index in [0.717, 1.165) is 30.2 Å². The Morgan fingerprint density at radius 2 is 1.87 bits per heavy atom. The largest absolute Gasteiger partial charge is 0.338 e. The van der Waals surface area contributed by atoms with E-state index in [1.807, 2.05) is 86.5 Å². The molecule has 0 radical (unpaired) electrons. The van der Waals surface area contributed by atoms with Crippen molar-refractivity contribution >= 4 is 36.9 Å². The summed E-state index contributed by atoms with van der Waals surface area (Å²) in [5, 5.41) is 21.5. The van der Waals surface area contributed by atoms with Crippen molar-refractivity contribution in [1.82, 2.24) is 9.78 Å². The number of aromatic nitrogens is 2. The van der Waals surface area contributed by atoms with Gasteiger partial charge in [0, 0.05) is 30.5 Å². The van der Waals surface area contributed by atoms with Gasteiger partial charge in [-0.2, -0.15) is 5.10 Å². The zero-order valence-corrected chi connectivity index (χ0v) is 19.2. The van der Waals surface area contributed by atoms with E-state index >= 15 is 0 Å². The van der Waals surface area contributed by atoms with E-state index in [-0.39, 0.29) is 10.6 Å². The van der Waals surface area contributed by atoms with Crippen LogP contribution in [0.15, 0.2) is 72.1 Å². The van der Waals surface area contributed by atoms with Gasteiger partial charge in [-0.05, 0) is 42.4 Å². The maximum Gasteiger partial charge on any atom is 0.296 e. The summed E-state index contributed by atoms with van der Waals surface area (Å²) < 4.78 is 1.64. The van der Waals surface area contributed by atoms with Gasteiger partial charge in [0.05, 0.1) is 16.3 Å². The molecule has 0 aliphatic carbocycles. The zero-order valence-electron chi connectivity index (χ0n) is 17.5. The molecular weight excluding hydrogens is 427 g/mol. The number of rotatable bonds is 6. The van der Waals surface area contributed by atoms with Gasteiger partial charge in [-0.15, -0.1) is 11.3 Å². The molecule has 0 fully saturated rings. The van der Waals surface area contributed by atoms with Crippen molar-refractivity contribution in [1.29, 1.82) is 0 Å². The lowest BCUT2D eigenvalue weighted by atomic mass is 10.1. The predicted octanol–water partition coefficient (Wildman–Crippen LogP) is 6.97. The van der Waals surface area contributed by atoms with E-state index in [1.165, 1.54) is 0 Å². The van der Waals surface area contributed by atoms with E-state index < -0.39 is 0 Å². The maximum absolute atomic E-state index is 11.8. The number of benzene rings is 2. The molecule has 0 atom stereocenters. The Morgan fingerprint density at radius 3 is 2.55 bits per heavy atom. The van der Waals surface area contributed by atoms with Gasteiger partial charge >= 0.3 is 0 Å². The fraction of sp³-hybridized carbons (Fsp3) is 0.130. The Bertz CT molecular complexity index is 1170. The summed E-state index contributed by atoms with van der Waals surface area (Å²) in [7, 11) is 0.854. The maximum atomic E-state index is 11.8. The van der Waals surface area contributed by atoms with Crippen molar-refractivity contribution < 1.29 is 4.92 Å². The predicted molar refractivity (Wildman–Crippen MR) is 132 cm³/mol. The third-order valence-corrected chi connectivity index (χ3v) is 6.02. The molecule has 0 bridgehead atoms. The standard InChI is InChI=1S/C21H17N4O2PS.C2H6/c1-15-12-20(16-6-3-2-4-7-16)24(22-15)19-10-9-17(13-21(19)25(26)27)23-28-14-18-8-5-11-29-18;1-2/h2-14,23H,1H3;1-2H3. The summed E-state index contributed by atoms with van der Waals surface area (Å²) in [6.07, 6.45) is 0. The van der Waals surface area contributed by atoms with Crippen LogP contribution in [0, 0.1) is 17.0 Å². The summed E-state index contributed by atoms with van der Waals surface area (Å²) in [6, 6.07) is 20.8. The van der Waals surface area contributed by atoms with Crippen LogP contribution in [0.3, 0.4) is 0 Å². The van der Waals surface area contributed by atoms with E-state index in [1.54, 1.807) is 28.2 Å². The molecule has 4 aromatic rings. The second kappa shape index (κ2) is 10.7. The Balaban J connectivity index is 0.00000132. The first-order valence-corrected chi connectivity index (χ1v) is 11.7. The van der Waals surface area contributed by atoms with Crippen LogP contribution >= 0.6 is 19.7 Å². The SMILES string of the molecule is CC.Cc1cc(-c2ccccc2)n(-c2ccc(NP=Cc3cccs3)cc2[N+](=O)[O-])n1. The first kappa shape index (κ1) is 22.4. The van der Waals surface area contributed by atoms with Crippen molar-refractivity contribution in [3.05, 3.63) is 92.8 Å². The number of anilines is 1. The lowest BCUT2D eigenvalue weighted by Gasteiger charge is -2.10. The Morgan fingerprint density at radius 1 is 1.10 bits per heavy atom. The van der Waals surface area contributed by atoms with Crippen molar-refractivity contribution in [3.63, 3.8) is 0 Å². The van der Waals surface area contributed by atoms with Gasteiger partial charge in [0.25, 0.3) is 5.69 Å². The van der Waals surface area contributed by atoms with Gasteiger partial charge in [0.1, 0.15) is 5.69 Å². The van der Waals surface area contributed by atoms with Crippen molar-refractivity contribution in [2.24, 2.45) is 0 Å². The lowest BCUT2D eigenvalue weighted by Crippen LogP contribution is -2.04. The zero-order chi connectivity index (χ0) is 22.2. The van der Waals surface area contributed by atoms with E-state index in [9.17, 15) is 10.1 Å². The number of hydrogen-bond donors (Lipinski definition) is 1. The number of nitro groups is 1. The molecule has 8 heteroatoms. The van der Waals surface area contributed by atoms with Crippen LogP contribution in [0.25, 0.3) is 16.9 Å². The minimum Gasteiger partial charge on any atom is -0.338 e. The number of nitrogens with one attached hydrogen (secondary N) is 1. The van der Waals surface area contributed by atoms with Crippen molar-refractivity contribution in [2.45, 2.75) is 20.8 Å². The summed E-state index contributed by atoms with van der Waals surface area (Å²) in [4.78, 5) is 12.6. The minimum atomic E-state index is -0.369. The monoisotopic (exact) mass is 450 g/mol. The Labute approximate surface area is 187 Å². The highest BCUT2D eigenvalue weighted by Crippen LogP contribution is 2.31. The second-order valence-electron chi connectivity index (χ2n) is 6.29. The first-order chi connectivity index (χ1) is 15.1. The summed E-state index contributed by atoms with van der Waals surface area (Å²) in [6.45, 7) is 5.88. The molecule has 0 spiro atoms. The topological polar surface area (TPSA) is 73.0 Å². The molecule has 2 aromatic carbocycles. The highest BCUT2D eigenvalue weighted by Gasteiger charge is 2.20. The number of thiophene rings is 1. The van der Waals surface area contributed by atoms with Gasteiger partial charge in [0.2, 0.25) is 0 Å². The molecule has 0 saturated heterocycles. The lowest BCUT2D eigenvalue weighted by molar-refractivity contribution is -0.384. The molecule has 6 nitrogen and oxygen atoms in total. The highest BCUT2D eigenvalue weighted by atomic mass is 32.1. The molecule has 0 saturated carbocycles. The molecule has 0 amide bonds. The normalized spacial score (nSPS) is 10.5. The third-order valence-electron chi connectivity index (χ3n) is 4.23. The summed E-state index contributed by atoms with van der Waals surface area (Å²) in [5.74, 6) is 2.02. The average Bonchev–Trinajstić information content (AvgIpc) is 3.45. The number of nitro benzene ring substituents is 1. The Hall–Kier alpha value is -3.28. The van der Waals surface area contributed by atoms with Gasteiger partial charge in [0.15, 0.2) is 0 Å². The van der Waals surface area contributed by atoms with Crippen LogP contribution in [0.2, 0.25) is 0 Å². The molecule has 0 aliphatic rings. The first-order valence-electron chi connectivity index (χ1n) is 9.85. The van der Waals surface area contributed by atoms with Crippen molar-refractivity contribution in [2.75, 3.05) is 5.09 Å². The number of nitrogens with zero attached hydrogens (tertiary/aromatic N) is 3. The van der Waals surface area contributed by atoms with Crippen LogP contribution < -0.4 is 5.09 Å². The highest BCUT2D eigenvalue weighted by molar-refractivity contribution is 7.42. The third kappa shape index (κ3) is 5.45. The number of hydrogen-bond acceptors (Lipinski definition) is 5. The van der Waals surface area contributed by atoms with Gasteiger partial charge < -0.3 is 5.09 Å². The molecule has 0 unspecified atom stereocenters. The molecule has 2 heterocycles. The fourth-order valence-electron chi connectivity index (χ4n) is 2.95. The van der Waals surface area contributed by atoms with E-state index in [0.29, 0.717) is 11.4 Å². The van der Waals surface area contributed by atoms with Gasteiger partial charge in [-0.3, -0.25) is 10.1 Å². The van der Waals surface area contributed by atoms with E-state index in [4.69, 9.17) is 0 Å². The molecular formula is C23H23N4O2PS. The second-order valence-corrected chi connectivity index (χ2v) is 8.01. The Kier molecular flexibility index (Phi) is 7.70. The smallest absolute Gasteiger partial charge is 0.296 e. The molecule has 2 aromatic heterocycles. The fourth-order valence-corrected chi connectivity index (χ4v) is 4.39. The minimum absolute atomic E-state index is 0.00149. The molecule has 1 N–H and O–H groups in total. The molecule has 0 aliphatic heterocycles. The van der Waals surface area contributed by atoms with Crippen LogP contribution in [-0.2, 0) is 0 Å².